The predicted octanol–water partition coefficient (Wildman–Crippen LogP) is 9.49. The van der Waals surface area contributed by atoms with Crippen molar-refractivity contribution in [1.82, 2.24) is 0 Å². The molecule has 0 saturated heterocycles. The van der Waals surface area contributed by atoms with Gasteiger partial charge >= 0.3 is 0 Å². The molecular weight excluding hydrogens is 920 g/mol. The van der Waals surface area contributed by atoms with Crippen molar-refractivity contribution in [2.45, 2.75) is 59.0 Å². The molecule has 13 heteroatoms. The van der Waals surface area contributed by atoms with E-state index in [2.05, 4.69) is 109 Å². The number of alkyl halides is 2. The molecule has 0 aliphatic heterocycles. The highest BCUT2D eigenvalue weighted by Crippen LogP contribution is 2.41. The fraction of sp³-hybridized carbons (Fsp3) is 0.538. The van der Waals surface area contributed by atoms with Crippen LogP contribution in [0.1, 0.15) is 39.5 Å². The second kappa shape index (κ2) is 18.5. The van der Waals surface area contributed by atoms with Gasteiger partial charge < -0.3 is 18.9 Å². The molecular formula is C26H32Br6O6S. The Bertz CT molecular complexity index is 1030. The second-order valence-corrected chi connectivity index (χ2v) is 16.6. The van der Waals surface area contributed by atoms with Gasteiger partial charge in [0.05, 0.1) is 50.5 Å². The fourth-order valence-electron chi connectivity index (χ4n) is 3.15. The Kier molecular flexibility index (Phi) is 17.0. The number of ether oxygens (including phenoxy) is 4. The van der Waals surface area contributed by atoms with E-state index in [4.69, 9.17) is 18.9 Å². The summed E-state index contributed by atoms with van der Waals surface area (Å²) in [6, 6.07) is 6.15. The van der Waals surface area contributed by atoms with Crippen LogP contribution in [0.4, 0.5) is 0 Å². The summed E-state index contributed by atoms with van der Waals surface area (Å²) in [5.41, 5.74) is 0. The molecule has 39 heavy (non-hydrogen) atoms. The Morgan fingerprint density at radius 2 is 0.974 bits per heavy atom. The van der Waals surface area contributed by atoms with Crippen molar-refractivity contribution in [3.63, 3.8) is 0 Å². The van der Waals surface area contributed by atoms with Crippen LogP contribution in [0, 0.1) is 0 Å². The molecule has 0 heterocycles. The van der Waals surface area contributed by atoms with Crippen LogP contribution in [0.25, 0.3) is 0 Å². The molecule has 220 valence electrons. The maximum Gasteiger partial charge on any atom is 0.206 e. The second-order valence-electron chi connectivity index (χ2n) is 8.61. The lowest BCUT2D eigenvalue weighted by Crippen LogP contribution is -2.18. The summed E-state index contributed by atoms with van der Waals surface area (Å²) in [5, 5.41) is 0. The van der Waals surface area contributed by atoms with Gasteiger partial charge in [0.2, 0.25) is 9.84 Å². The minimum atomic E-state index is -3.85. The molecule has 2 rings (SSSR count). The first-order valence-corrected chi connectivity index (χ1v) is 18.9. The third-order valence-corrected chi connectivity index (χ3v) is 10.4. The number of sulfone groups is 1. The monoisotopic (exact) mass is 946 g/mol. The zero-order valence-corrected chi connectivity index (χ0v) is 32.0. The smallest absolute Gasteiger partial charge is 0.206 e. The first-order chi connectivity index (χ1) is 18.5. The quantitative estimate of drug-likeness (QED) is 0.110. The summed E-state index contributed by atoms with van der Waals surface area (Å²) in [6.45, 7) is 7.42. The molecule has 0 saturated carbocycles. The van der Waals surface area contributed by atoms with Crippen LogP contribution in [0.5, 0.6) is 11.5 Å². The minimum Gasteiger partial charge on any atom is -0.490 e. The van der Waals surface area contributed by atoms with Crippen molar-refractivity contribution in [1.29, 1.82) is 0 Å². The molecule has 0 spiro atoms. The van der Waals surface area contributed by atoms with Crippen molar-refractivity contribution in [3.8, 4) is 11.5 Å². The van der Waals surface area contributed by atoms with Gasteiger partial charge in [-0.3, -0.25) is 0 Å². The van der Waals surface area contributed by atoms with Gasteiger partial charge in [-0.25, -0.2) is 8.42 Å². The van der Waals surface area contributed by atoms with Gasteiger partial charge in [-0.2, -0.15) is 0 Å². The van der Waals surface area contributed by atoms with Crippen molar-refractivity contribution < 1.29 is 27.4 Å². The van der Waals surface area contributed by atoms with E-state index in [1.165, 1.54) is 24.3 Å². The lowest BCUT2D eigenvalue weighted by Gasteiger charge is -2.17. The van der Waals surface area contributed by atoms with E-state index < -0.39 is 9.84 Å². The van der Waals surface area contributed by atoms with E-state index in [-0.39, 0.29) is 19.4 Å². The van der Waals surface area contributed by atoms with Gasteiger partial charge in [-0.05, 0) is 101 Å². The number of hydrogen-bond acceptors (Lipinski definition) is 6. The molecule has 0 aliphatic carbocycles. The van der Waals surface area contributed by atoms with E-state index in [9.17, 15) is 8.42 Å². The van der Waals surface area contributed by atoms with Crippen molar-refractivity contribution in [2.75, 3.05) is 39.6 Å². The number of unbranched alkanes of at least 4 members (excludes halogenated alkanes) is 2. The molecule has 0 fully saturated rings. The van der Waals surface area contributed by atoms with Crippen molar-refractivity contribution >= 4 is 105 Å². The van der Waals surface area contributed by atoms with Gasteiger partial charge in [0.1, 0.15) is 24.7 Å². The predicted molar refractivity (Wildman–Crippen MR) is 177 cm³/mol. The molecule has 0 N–H and O–H groups in total. The van der Waals surface area contributed by atoms with Gasteiger partial charge in [0, 0.05) is 13.2 Å². The topological polar surface area (TPSA) is 71.1 Å². The number of rotatable bonds is 18. The first kappa shape index (κ1) is 36.0. The van der Waals surface area contributed by atoms with Crippen molar-refractivity contribution in [3.05, 3.63) is 42.2 Å². The SMILES string of the molecule is CCCCOCC(Br)COc1c(Br)cc(S(=O)(=O)c2cc(Br)c(OCC(Br)COCCCC)c(Br)c2)cc1Br. The third-order valence-electron chi connectivity index (χ3n) is 5.26. The molecule has 2 aromatic carbocycles. The van der Waals surface area contributed by atoms with Crippen LogP contribution >= 0.6 is 95.6 Å². The maximum absolute atomic E-state index is 13.5. The third kappa shape index (κ3) is 11.8. The summed E-state index contributed by atoms with van der Waals surface area (Å²) in [4.78, 5) is 0.231. The van der Waals surface area contributed by atoms with Crippen molar-refractivity contribution in [2.24, 2.45) is 0 Å². The van der Waals surface area contributed by atoms with E-state index in [1.807, 2.05) is 0 Å². The average molecular weight is 952 g/mol. The van der Waals surface area contributed by atoms with Gasteiger partial charge in [0.25, 0.3) is 0 Å². The fourth-order valence-corrected chi connectivity index (χ4v) is 8.59. The summed E-state index contributed by atoms with van der Waals surface area (Å²) in [6.07, 6.45) is 4.19. The Balaban J connectivity index is 2.11. The van der Waals surface area contributed by atoms with E-state index >= 15 is 0 Å². The molecule has 6 nitrogen and oxygen atoms in total. The molecule has 0 aliphatic rings. The van der Waals surface area contributed by atoms with Crippen LogP contribution in [0.2, 0.25) is 0 Å². The number of benzene rings is 2. The van der Waals surface area contributed by atoms with E-state index in [0.717, 1.165) is 25.7 Å². The highest BCUT2D eigenvalue weighted by atomic mass is 79.9. The van der Waals surface area contributed by atoms with Crippen LogP contribution in [-0.4, -0.2) is 57.7 Å². The lowest BCUT2D eigenvalue weighted by atomic mass is 10.3. The summed E-state index contributed by atoms with van der Waals surface area (Å²) < 4.78 is 52.2. The van der Waals surface area contributed by atoms with Crippen LogP contribution in [0.3, 0.4) is 0 Å². The molecule has 2 aromatic rings. The Hall–Kier alpha value is 0.790. The molecule has 0 amide bonds. The Labute approximate surface area is 282 Å². The molecule has 0 radical (unpaired) electrons. The van der Waals surface area contributed by atoms with Gasteiger partial charge in [-0.1, -0.05) is 58.5 Å². The first-order valence-electron chi connectivity index (χ1n) is 12.4. The standard InChI is InChI=1S/C26H32Br6O6S/c1-3-5-7-35-13-17(27)15-37-25-21(29)9-19(10-22(25)30)39(33,34)20-11-23(31)26(24(32)12-20)38-16-18(28)14-36-8-6-4-2/h9-12,17-18H,3-8,13-16H2,1-2H3. The summed E-state index contributed by atoms with van der Waals surface area (Å²) in [5.74, 6) is 1.03. The summed E-state index contributed by atoms with van der Waals surface area (Å²) >= 11 is 21.0. The Morgan fingerprint density at radius 1 is 0.641 bits per heavy atom. The molecule has 0 bridgehead atoms. The molecule has 2 atom stereocenters. The minimum absolute atomic E-state index is 0.000376. The molecule has 2 unspecified atom stereocenters. The zero-order valence-electron chi connectivity index (χ0n) is 21.7. The Morgan fingerprint density at radius 3 is 1.28 bits per heavy atom. The van der Waals surface area contributed by atoms with Gasteiger partial charge in [0.15, 0.2) is 0 Å². The largest absolute Gasteiger partial charge is 0.490 e. The highest BCUT2D eigenvalue weighted by molar-refractivity contribution is 9.11. The highest BCUT2D eigenvalue weighted by Gasteiger charge is 2.24. The van der Waals surface area contributed by atoms with E-state index in [1.54, 1.807) is 0 Å². The molecule has 0 aromatic heterocycles. The average Bonchev–Trinajstić information content (AvgIpc) is 2.88. The zero-order chi connectivity index (χ0) is 29.0. The van der Waals surface area contributed by atoms with Crippen LogP contribution in [-0.2, 0) is 19.3 Å². The maximum atomic E-state index is 13.5. The van der Waals surface area contributed by atoms with Gasteiger partial charge in [-0.15, -0.1) is 0 Å². The number of halogens is 6. The summed E-state index contributed by atoms with van der Waals surface area (Å²) in [7, 11) is -3.85. The van der Waals surface area contributed by atoms with Crippen LogP contribution in [0.15, 0.2) is 51.9 Å². The normalized spacial score (nSPS) is 13.3. The number of hydrogen-bond donors (Lipinski definition) is 0. The van der Waals surface area contributed by atoms with Crippen LogP contribution < -0.4 is 9.47 Å². The van der Waals surface area contributed by atoms with E-state index in [0.29, 0.717) is 69.0 Å². The lowest BCUT2D eigenvalue weighted by molar-refractivity contribution is 0.122.